The van der Waals surface area contributed by atoms with Gasteiger partial charge in [-0.15, -0.1) is 0 Å². The van der Waals surface area contributed by atoms with E-state index in [2.05, 4.69) is 56.4 Å². The van der Waals surface area contributed by atoms with Crippen LogP contribution in [0.2, 0.25) is 0 Å². The monoisotopic (exact) mass is 691 g/mol. The van der Waals surface area contributed by atoms with Crippen LogP contribution >= 0.6 is 7.82 Å². The van der Waals surface area contributed by atoms with Crippen LogP contribution in [-0.4, -0.2) is 70.0 Å². The largest absolute Gasteiger partial charge is 0.756 e. The summed E-state index contributed by atoms with van der Waals surface area (Å²) in [4.78, 5) is 37.2. The predicted octanol–water partition coefficient (Wildman–Crippen LogP) is 8.26. The summed E-state index contributed by atoms with van der Waals surface area (Å²) in [6.45, 7) is 3.79. The summed E-state index contributed by atoms with van der Waals surface area (Å²) in [5, 5.41) is 0. The fraction of sp³-hybridized carbons (Fsp3) is 0.579. The highest BCUT2D eigenvalue weighted by atomic mass is 31.2. The van der Waals surface area contributed by atoms with Gasteiger partial charge >= 0.3 is 11.9 Å². The molecule has 0 N–H and O–H groups in total. The normalized spacial score (nSPS) is 14.9. The van der Waals surface area contributed by atoms with Gasteiger partial charge in [0.15, 0.2) is 6.10 Å². The molecular weight excluding hydrogens is 629 g/mol. The molecule has 0 bridgehead atoms. The highest BCUT2D eigenvalue weighted by Crippen LogP contribution is 2.38. The SMILES string of the molecule is CC/C=C/C=C/C=C/C=C/CCCCCC(=O)OC(COC(=O)CCC/C=C/C/C=C/C/C=C/CC)COP(=O)([O-])OCC[N+](C)(C)C. The van der Waals surface area contributed by atoms with Gasteiger partial charge in [-0.05, 0) is 57.8 Å². The molecule has 0 spiro atoms. The first-order valence-electron chi connectivity index (χ1n) is 17.3. The molecule has 9 nitrogen and oxygen atoms in total. The standard InChI is InChI=1S/C38H62NO8P/c1-6-8-10-12-14-16-18-19-21-23-25-27-29-31-38(41)47-36(35-46-48(42,43)45-33-32-39(3,4)5)34-44-37(40)30-28-26-24-22-20-17-15-13-11-9-7-2/h8-12,14-19,21-22,24,36H,6-7,13,20,23,25-35H2,1-5H3/b10-8+,11-9+,14-12+,17-15+,18-16+,21-19+,24-22+. The van der Waals surface area contributed by atoms with E-state index in [1.807, 2.05) is 63.7 Å². The van der Waals surface area contributed by atoms with Crippen LogP contribution in [0.1, 0.15) is 90.9 Å². The topological polar surface area (TPSA) is 111 Å². The van der Waals surface area contributed by atoms with E-state index in [1.165, 1.54) is 0 Å². The molecule has 0 aromatic heterocycles. The first-order chi connectivity index (χ1) is 23.0. The molecule has 0 amide bonds. The molecule has 0 fully saturated rings. The highest BCUT2D eigenvalue weighted by molar-refractivity contribution is 7.45. The third-order valence-corrected chi connectivity index (χ3v) is 7.47. The summed E-state index contributed by atoms with van der Waals surface area (Å²) in [6.07, 6.45) is 36.4. The fourth-order valence-corrected chi connectivity index (χ4v) is 4.53. The van der Waals surface area contributed by atoms with Crippen molar-refractivity contribution in [1.82, 2.24) is 0 Å². The Hall–Kier alpha value is -2.81. The van der Waals surface area contributed by atoms with E-state index in [4.69, 9.17) is 18.5 Å². The van der Waals surface area contributed by atoms with Crippen LogP contribution in [0.15, 0.2) is 85.1 Å². The maximum Gasteiger partial charge on any atom is 0.306 e. The van der Waals surface area contributed by atoms with Gasteiger partial charge in [0.1, 0.15) is 19.8 Å². The Kier molecular flexibility index (Phi) is 28.5. The number of carbonyl (C=O) groups excluding carboxylic acids is 2. The molecule has 2 atom stereocenters. The lowest BCUT2D eigenvalue weighted by Gasteiger charge is -2.28. The van der Waals surface area contributed by atoms with Crippen LogP contribution < -0.4 is 4.89 Å². The number of phosphoric ester groups is 1. The number of allylic oxidation sites excluding steroid dienone is 14. The summed E-state index contributed by atoms with van der Waals surface area (Å²) >= 11 is 0. The number of esters is 2. The smallest absolute Gasteiger partial charge is 0.306 e. The van der Waals surface area contributed by atoms with Crippen molar-refractivity contribution in [2.24, 2.45) is 0 Å². The average molecular weight is 692 g/mol. The molecule has 0 rings (SSSR count). The van der Waals surface area contributed by atoms with Gasteiger partial charge < -0.3 is 27.9 Å². The second-order valence-corrected chi connectivity index (χ2v) is 13.6. The Morgan fingerprint density at radius 1 is 0.667 bits per heavy atom. The van der Waals surface area contributed by atoms with Gasteiger partial charge in [0, 0.05) is 12.8 Å². The second kappa shape index (κ2) is 30.3. The maximum absolute atomic E-state index is 12.5. The summed E-state index contributed by atoms with van der Waals surface area (Å²) in [7, 11) is 1.09. The molecule has 0 saturated heterocycles. The molecular formula is C38H62NO8P. The van der Waals surface area contributed by atoms with E-state index in [0.717, 1.165) is 51.4 Å². The van der Waals surface area contributed by atoms with Crippen LogP contribution in [0.5, 0.6) is 0 Å². The molecule has 0 aliphatic heterocycles. The molecule has 0 aromatic rings. The molecule has 0 aliphatic carbocycles. The van der Waals surface area contributed by atoms with E-state index in [1.54, 1.807) is 0 Å². The molecule has 2 unspecified atom stereocenters. The molecule has 0 saturated carbocycles. The minimum Gasteiger partial charge on any atom is -0.756 e. The molecule has 0 aliphatic rings. The predicted molar refractivity (Wildman–Crippen MR) is 194 cm³/mol. The van der Waals surface area contributed by atoms with Crippen LogP contribution in [-0.2, 0) is 32.7 Å². The molecule has 0 radical (unpaired) electrons. The molecule has 10 heteroatoms. The first-order valence-corrected chi connectivity index (χ1v) is 18.8. The molecule has 48 heavy (non-hydrogen) atoms. The minimum atomic E-state index is -4.64. The van der Waals surface area contributed by atoms with E-state index >= 15 is 0 Å². The number of ether oxygens (including phenoxy) is 2. The number of carbonyl (C=O) groups is 2. The number of likely N-dealkylation sites (N-methyl/N-ethyl adjacent to an activating group) is 1. The van der Waals surface area contributed by atoms with Gasteiger partial charge in [-0.2, -0.15) is 0 Å². The number of phosphoric acid groups is 1. The van der Waals surface area contributed by atoms with Crippen molar-refractivity contribution in [3.63, 3.8) is 0 Å². The number of quaternary nitrogens is 1. The van der Waals surface area contributed by atoms with Crippen molar-refractivity contribution in [2.45, 2.75) is 97.0 Å². The average Bonchev–Trinajstić information content (AvgIpc) is 3.02. The van der Waals surface area contributed by atoms with Crippen LogP contribution in [0.4, 0.5) is 0 Å². The first kappa shape index (κ1) is 45.2. The van der Waals surface area contributed by atoms with Crippen molar-refractivity contribution in [2.75, 3.05) is 47.5 Å². The lowest BCUT2D eigenvalue weighted by Crippen LogP contribution is -2.37. The zero-order valence-corrected chi connectivity index (χ0v) is 31.0. The summed E-state index contributed by atoms with van der Waals surface area (Å²) in [5.41, 5.74) is 0. The Bertz CT molecular complexity index is 1100. The summed E-state index contributed by atoms with van der Waals surface area (Å²) in [6, 6.07) is 0. The Balaban J connectivity index is 4.67. The van der Waals surface area contributed by atoms with Gasteiger partial charge in [-0.1, -0.05) is 105 Å². The lowest BCUT2D eigenvalue weighted by atomic mass is 10.1. The lowest BCUT2D eigenvalue weighted by molar-refractivity contribution is -0.870. The van der Waals surface area contributed by atoms with E-state index in [0.29, 0.717) is 23.9 Å². The van der Waals surface area contributed by atoms with Gasteiger partial charge in [-0.3, -0.25) is 14.2 Å². The number of unbranched alkanes of at least 4 members (excludes halogenated alkanes) is 4. The third kappa shape index (κ3) is 33.1. The number of hydrogen-bond acceptors (Lipinski definition) is 8. The van der Waals surface area contributed by atoms with Crippen molar-refractivity contribution < 1.29 is 42.1 Å². The Labute approximate surface area is 291 Å². The Morgan fingerprint density at radius 2 is 1.25 bits per heavy atom. The van der Waals surface area contributed by atoms with Crippen molar-refractivity contribution in [1.29, 1.82) is 0 Å². The molecule has 0 aromatic carbocycles. The summed E-state index contributed by atoms with van der Waals surface area (Å²) < 4.78 is 33.5. The fourth-order valence-electron chi connectivity index (χ4n) is 3.80. The molecule has 272 valence electrons. The maximum atomic E-state index is 12.5. The van der Waals surface area contributed by atoms with Gasteiger partial charge in [0.25, 0.3) is 7.82 Å². The van der Waals surface area contributed by atoms with E-state index < -0.39 is 32.5 Å². The van der Waals surface area contributed by atoms with E-state index in [-0.39, 0.29) is 26.1 Å². The highest BCUT2D eigenvalue weighted by Gasteiger charge is 2.21. The number of hydrogen-bond donors (Lipinski definition) is 0. The third-order valence-electron chi connectivity index (χ3n) is 6.51. The molecule has 0 heterocycles. The van der Waals surface area contributed by atoms with E-state index in [9.17, 15) is 19.0 Å². The zero-order chi connectivity index (χ0) is 35.8. The summed E-state index contributed by atoms with van der Waals surface area (Å²) in [5.74, 6) is -0.960. The van der Waals surface area contributed by atoms with Gasteiger partial charge in [0.05, 0.1) is 27.7 Å². The van der Waals surface area contributed by atoms with Crippen LogP contribution in [0.3, 0.4) is 0 Å². The second-order valence-electron chi connectivity index (χ2n) is 12.2. The number of rotatable bonds is 29. The van der Waals surface area contributed by atoms with Crippen LogP contribution in [0.25, 0.3) is 0 Å². The van der Waals surface area contributed by atoms with Crippen molar-refractivity contribution in [3.05, 3.63) is 85.1 Å². The van der Waals surface area contributed by atoms with Crippen molar-refractivity contribution >= 4 is 19.8 Å². The number of nitrogens with zero attached hydrogens (tertiary/aromatic N) is 1. The quantitative estimate of drug-likeness (QED) is 0.0193. The van der Waals surface area contributed by atoms with Gasteiger partial charge in [-0.25, -0.2) is 0 Å². The van der Waals surface area contributed by atoms with Gasteiger partial charge in [0.2, 0.25) is 0 Å². The Morgan fingerprint density at radius 3 is 1.92 bits per heavy atom. The minimum absolute atomic E-state index is 0.0517. The van der Waals surface area contributed by atoms with Crippen molar-refractivity contribution in [3.8, 4) is 0 Å². The van der Waals surface area contributed by atoms with Crippen LogP contribution in [0, 0.1) is 0 Å². The zero-order valence-electron chi connectivity index (χ0n) is 30.1.